The Morgan fingerprint density at radius 2 is 2.07 bits per heavy atom. The van der Waals surface area contributed by atoms with Crippen LogP contribution in [0.4, 0.5) is 5.69 Å². The fraction of sp³-hybridized carbons (Fsp3) is 0.222. The number of thioether (sulfide) groups is 1. The molecule has 2 N–H and O–H groups in total. The average molecular weight is 403 g/mol. The molecular weight excluding hydrogens is 384 g/mol. The SMILES string of the molecule is COc1ccc(NC(=O)C[C@H]2S/C(=N\N=C(\C)c3cccs3)NC2=O)cc1. The highest BCUT2D eigenvalue weighted by atomic mass is 32.2. The van der Waals surface area contributed by atoms with Gasteiger partial charge in [-0.1, -0.05) is 17.8 Å². The summed E-state index contributed by atoms with van der Waals surface area (Å²) in [5.41, 5.74) is 1.42. The van der Waals surface area contributed by atoms with Crippen LogP contribution in [0.3, 0.4) is 0 Å². The molecule has 1 atom stereocenters. The van der Waals surface area contributed by atoms with Crippen molar-refractivity contribution >= 4 is 51.5 Å². The second kappa shape index (κ2) is 8.83. The number of thiophene rings is 1. The zero-order valence-corrected chi connectivity index (χ0v) is 16.4. The second-order valence-electron chi connectivity index (χ2n) is 5.64. The Balaban J connectivity index is 1.56. The molecule has 0 bridgehead atoms. The highest BCUT2D eigenvalue weighted by Crippen LogP contribution is 2.23. The third-order valence-corrected chi connectivity index (χ3v) is 5.74. The first-order valence-electron chi connectivity index (χ1n) is 8.12. The standard InChI is InChI=1S/C18H18N4O3S2/c1-11(14-4-3-9-26-14)21-22-18-20-17(24)15(27-18)10-16(23)19-12-5-7-13(25-2)8-6-12/h3-9,15H,10H2,1-2H3,(H,19,23)(H,20,22,24)/b21-11-/t15-/m1/s1. The molecule has 1 saturated heterocycles. The first kappa shape index (κ1) is 19.1. The summed E-state index contributed by atoms with van der Waals surface area (Å²) in [4.78, 5) is 25.3. The van der Waals surface area contributed by atoms with Crippen LogP contribution in [-0.2, 0) is 9.59 Å². The van der Waals surface area contributed by atoms with Crippen LogP contribution in [0, 0.1) is 0 Å². The van der Waals surface area contributed by atoms with E-state index in [-0.39, 0.29) is 18.2 Å². The molecule has 2 amide bonds. The van der Waals surface area contributed by atoms with E-state index in [4.69, 9.17) is 4.74 Å². The van der Waals surface area contributed by atoms with E-state index in [1.165, 1.54) is 11.8 Å². The van der Waals surface area contributed by atoms with Crippen molar-refractivity contribution in [3.8, 4) is 5.75 Å². The van der Waals surface area contributed by atoms with E-state index >= 15 is 0 Å². The number of nitrogens with zero attached hydrogens (tertiary/aromatic N) is 2. The Bertz CT molecular complexity index is 877. The summed E-state index contributed by atoms with van der Waals surface area (Å²) < 4.78 is 5.08. The topological polar surface area (TPSA) is 92.2 Å². The van der Waals surface area contributed by atoms with Crippen molar-refractivity contribution in [2.24, 2.45) is 10.2 Å². The van der Waals surface area contributed by atoms with Gasteiger partial charge in [-0.3, -0.25) is 9.59 Å². The van der Waals surface area contributed by atoms with E-state index in [0.29, 0.717) is 16.6 Å². The Labute approximate surface area is 164 Å². The Morgan fingerprint density at radius 3 is 2.74 bits per heavy atom. The van der Waals surface area contributed by atoms with E-state index in [1.807, 2.05) is 24.4 Å². The molecule has 0 saturated carbocycles. The summed E-state index contributed by atoms with van der Waals surface area (Å²) >= 11 is 2.78. The minimum absolute atomic E-state index is 0.0508. The summed E-state index contributed by atoms with van der Waals surface area (Å²) in [5.74, 6) is 0.220. The Morgan fingerprint density at radius 1 is 1.30 bits per heavy atom. The van der Waals surface area contributed by atoms with Crippen molar-refractivity contribution in [2.45, 2.75) is 18.6 Å². The number of anilines is 1. The lowest BCUT2D eigenvalue weighted by Crippen LogP contribution is -2.28. The van der Waals surface area contributed by atoms with Gasteiger partial charge in [0.05, 0.1) is 17.7 Å². The maximum absolute atomic E-state index is 12.2. The third-order valence-electron chi connectivity index (χ3n) is 3.69. The van der Waals surface area contributed by atoms with Crippen LogP contribution in [0.1, 0.15) is 18.2 Å². The molecule has 1 aromatic carbocycles. The number of amides is 2. The molecule has 140 valence electrons. The smallest absolute Gasteiger partial charge is 0.240 e. The monoisotopic (exact) mass is 402 g/mol. The summed E-state index contributed by atoms with van der Waals surface area (Å²) in [6.07, 6.45) is 0.0508. The highest BCUT2D eigenvalue weighted by molar-refractivity contribution is 8.15. The molecule has 1 aliphatic heterocycles. The van der Waals surface area contributed by atoms with E-state index < -0.39 is 5.25 Å². The maximum atomic E-state index is 12.2. The number of hydrogen-bond acceptors (Lipinski definition) is 7. The number of benzene rings is 1. The summed E-state index contributed by atoms with van der Waals surface area (Å²) in [5, 5.41) is 15.5. The van der Waals surface area contributed by atoms with Gasteiger partial charge < -0.3 is 15.4 Å². The zero-order valence-electron chi connectivity index (χ0n) is 14.8. The lowest BCUT2D eigenvalue weighted by atomic mass is 10.2. The van der Waals surface area contributed by atoms with Crippen LogP contribution in [0.15, 0.2) is 52.0 Å². The lowest BCUT2D eigenvalue weighted by Gasteiger charge is -2.08. The number of methoxy groups -OCH3 is 1. The quantitative estimate of drug-likeness (QED) is 0.574. The highest BCUT2D eigenvalue weighted by Gasteiger charge is 2.32. The van der Waals surface area contributed by atoms with Crippen LogP contribution in [0.25, 0.3) is 0 Å². The summed E-state index contributed by atoms with van der Waals surface area (Å²) in [6, 6.07) is 10.9. The second-order valence-corrected chi connectivity index (χ2v) is 7.78. The fourth-order valence-electron chi connectivity index (χ4n) is 2.30. The molecule has 27 heavy (non-hydrogen) atoms. The van der Waals surface area contributed by atoms with Crippen molar-refractivity contribution in [3.05, 3.63) is 46.7 Å². The first-order valence-corrected chi connectivity index (χ1v) is 9.88. The van der Waals surface area contributed by atoms with Crippen molar-refractivity contribution < 1.29 is 14.3 Å². The number of carbonyl (C=O) groups excluding carboxylic acids is 2. The maximum Gasteiger partial charge on any atom is 0.240 e. The number of amidine groups is 1. The predicted molar refractivity (Wildman–Crippen MR) is 110 cm³/mol. The molecule has 1 fully saturated rings. The zero-order chi connectivity index (χ0) is 19.2. The van der Waals surface area contributed by atoms with Crippen molar-refractivity contribution in [2.75, 3.05) is 12.4 Å². The van der Waals surface area contributed by atoms with Gasteiger partial charge in [0.2, 0.25) is 11.8 Å². The molecule has 7 nitrogen and oxygen atoms in total. The summed E-state index contributed by atoms with van der Waals surface area (Å²) in [7, 11) is 1.58. The molecular formula is C18H18N4O3S2. The molecule has 3 rings (SSSR count). The summed E-state index contributed by atoms with van der Waals surface area (Å²) in [6.45, 7) is 1.86. The van der Waals surface area contributed by atoms with Gasteiger partial charge in [-0.25, -0.2) is 0 Å². The first-order chi connectivity index (χ1) is 13.0. The van der Waals surface area contributed by atoms with Gasteiger partial charge in [0, 0.05) is 12.1 Å². The molecule has 2 aromatic rings. The molecule has 1 aliphatic rings. The van der Waals surface area contributed by atoms with Gasteiger partial charge in [0.25, 0.3) is 0 Å². The molecule has 1 aromatic heterocycles. The third kappa shape index (κ3) is 5.18. The van der Waals surface area contributed by atoms with Gasteiger partial charge in [-0.15, -0.1) is 16.4 Å². The number of nitrogens with one attached hydrogen (secondary N) is 2. The predicted octanol–water partition coefficient (Wildman–Crippen LogP) is 3.10. The largest absolute Gasteiger partial charge is 0.497 e. The van der Waals surface area contributed by atoms with E-state index in [2.05, 4.69) is 20.8 Å². The minimum Gasteiger partial charge on any atom is -0.497 e. The average Bonchev–Trinajstić information content (AvgIpc) is 3.31. The normalized spacial score (nSPS) is 18.4. The molecule has 9 heteroatoms. The molecule has 2 heterocycles. The fourth-order valence-corrected chi connectivity index (χ4v) is 3.89. The van der Waals surface area contributed by atoms with E-state index in [1.54, 1.807) is 42.7 Å². The molecule has 0 aliphatic carbocycles. The van der Waals surface area contributed by atoms with E-state index in [0.717, 1.165) is 10.6 Å². The Hall–Kier alpha value is -2.65. The lowest BCUT2D eigenvalue weighted by molar-refractivity contribution is -0.122. The minimum atomic E-state index is -0.528. The van der Waals surface area contributed by atoms with Gasteiger partial charge in [-0.2, -0.15) is 5.10 Å². The van der Waals surface area contributed by atoms with Crippen LogP contribution in [0.5, 0.6) is 5.75 Å². The van der Waals surface area contributed by atoms with Crippen molar-refractivity contribution in [1.82, 2.24) is 5.32 Å². The number of rotatable bonds is 6. The van der Waals surface area contributed by atoms with Crippen LogP contribution >= 0.6 is 23.1 Å². The van der Waals surface area contributed by atoms with Crippen molar-refractivity contribution in [1.29, 1.82) is 0 Å². The van der Waals surface area contributed by atoms with Gasteiger partial charge in [0.15, 0.2) is 5.17 Å². The van der Waals surface area contributed by atoms with Gasteiger partial charge >= 0.3 is 0 Å². The van der Waals surface area contributed by atoms with Crippen LogP contribution in [0.2, 0.25) is 0 Å². The van der Waals surface area contributed by atoms with Gasteiger partial charge in [0.1, 0.15) is 11.0 Å². The number of carbonyl (C=O) groups is 2. The number of hydrogen-bond donors (Lipinski definition) is 2. The molecule has 0 unspecified atom stereocenters. The number of ether oxygens (including phenoxy) is 1. The Kier molecular flexibility index (Phi) is 6.25. The van der Waals surface area contributed by atoms with Crippen molar-refractivity contribution in [3.63, 3.8) is 0 Å². The van der Waals surface area contributed by atoms with E-state index in [9.17, 15) is 9.59 Å². The van der Waals surface area contributed by atoms with Crippen LogP contribution < -0.4 is 15.4 Å². The molecule has 0 spiro atoms. The molecule has 0 radical (unpaired) electrons. The van der Waals surface area contributed by atoms with Gasteiger partial charge in [-0.05, 0) is 42.6 Å². The van der Waals surface area contributed by atoms with Crippen LogP contribution in [-0.4, -0.2) is 35.1 Å².